The van der Waals surface area contributed by atoms with Crippen LogP contribution < -0.4 is 11.2 Å². The number of hydrazone groups is 1. The Hall–Kier alpha value is -2.33. The molecule has 10 heteroatoms. The van der Waals surface area contributed by atoms with Gasteiger partial charge in [-0.15, -0.1) is 23.1 Å². The van der Waals surface area contributed by atoms with Crippen molar-refractivity contribution in [3.05, 3.63) is 33.7 Å². The van der Waals surface area contributed by atoms with Crippen LogP contribution in [-0.2, 0) is 20.8 Å². The summed E-state index contributed by atoms with van der Waals surface area (Å²) in [5, 5.41) is 16.9. The summed E-state index contributed by atoms with van der Waals surface area (Å²) >= 11 is 2.83. The predicted octanol–water partition coefficient (Wildman–Crippen LogP) is -0.0263. The number of hydrogen-bond donors (Lipinski definition) is 3. The van der Waals surface area contributed by atoms with Gasteiger partial charge in [-0.1, -0.05) is 6.07 Å². The van der Waals surface area contributed by atoms with Crippen molar-refractivity contribution in [2.24, 2.45) is 10.9 Å². The highest BCUT2D eigenvalue weighted by molar-refractivity contribution is 8.00. The van der Waals surface area contributed by atoms with Gasteiger partial charge in [0.2, 0.25) is 5.91 Å². The van der Waals surface area contributed by atoms with Crippen LogP contribution in [0.1, 0.15) is 4.88 Å². The number of thiophene rings is 1. The molecule has 1 aromatic rings. The summed E-state index contributed by atoms with van der Waals surface area (Å²) in [4.78, 5) is 37.9. The quantitative estimate of drug-likeness (QED) is 0.291. The zero-order chi connectivity index (χ0) is 17.3. The van der Waals surface area contributed by atoms with Gasteiger partial charge in [-0.3, -0.25) is 14.5 Å². The molecule has 1 unspecified atom stereocenters. The molecule has 0 spiro atoms. The molecule has 3 rings (SSSR count). The van der Waals surface area contributed by atoms with Crippen LogP contribution in [0.25, 0.3) is 0 Å². The Morgan fingerprint density at radius 1 is 1.54 bits per heavy atom. The highest BCUT2D eigenvalue weighted by Crippen LogP contribution is 2.39. The molecule has 0 saturated carbocycles. The molecule has 4 N–H and O–H groups in total. The standard InChI is InChI=1S/C14H14N4O4S2/c15-16-5-7-6-24-13-10(12(20)18(13)11(7)14(21)22)17-9(19)4-8-2-1-3-23-8/h1-3,5,10,13H,4,6,15H2,(H,17,19)(H,21,22)/b16-5-/t10?,13-/m1/s1. The molecule has 1 saturated heterocycles. The molecule has 0 bridgehead atoms. The maximum atomic E-state index is 12.3. The molecule has 1 fully saturated rings. The number of carbonyl (C=O) groups excluding carboxylic acids is 2. The lowest BCUT2D eigenvalue weighted by molar-refractivity contribution is -0.150. The Morgan fingerprint density at radius 3 is 2.96 bits per heavy atom. The van der Waals surface area contributed by atoms with Gasteiger partial charge in [0.15, 0.2) is 0 Å². The number of rotatable bonds is 5. The third-order valence-electron chi connectivity index (χ3n) is 3.66. The minimum absolute atomic E-state index is 0.123. The number of nitrogens with zero attached hydrogens (tertiary/aromatic N) is 2. The summed E-state index contributed by atoms with van der Waals surface area (Å²) in [5.41, 5.74) is 0.254. The zero-order valence-corrected chi connectivity index (χ0v) is 14.0. The fourth-order valence-electron chi connectivity index (χ4n) is 2.63. The van der Waals surface area contributed by atoms with Crippen molar-refractivity contribution < 1.29 is 19.5 Å². The average Bonchev–Trinajstić information content (AvgIpc) is 3.05. The third kappa shape index (κ3) is 2.89. The Balaban J connectivity index is 1.72. The zero-order valence-electron chi connectivity index (χ0n) is 12.3. The molecule has 24 heavy (non-hydrogen) atoms. The first-order valence-corrected chi connectivity index (χ1v) is 8.92. The summed E-state index contributed by atoms with van der Waals surface area (Å²) in [7, 11) is 0. The van der Waals surface area contributed by atoms with Gasteiger partial charge >= 0.3 is 5.97 Å². The largest absolute Gasteiger partial charge is 0.477 e. The number of aliphatic carboxylic acids is 1. The second-order valence-electron chi connectivity index (χ2n) is 5.17. The van der Waals surface area contributed by atoms with Crippen LogP contribution in [0.3, 0.4) is 0 Å². The van der Waals surface area contributed by atoms with Gasteiger partial charge in [-0.2, -0.15) is 5.10 Å². The van der Waals surface area contributed by atoms with Crippen LogP contribution in [0.5, 0.6) is 0 Å². The van der Waals surface area contributed by atoms with E-state index in [9.17, 15) is 19.5 Å². The van der Waals surface area contributed by atoms with E-state index in [0.29, 0.717) is 11.3 Å². The van der Waals surface area contributed by atoms with Gasteiger partial charge in [0, 0.05) is 16.2 Å². The van der Waals surface area contributed by atoms with Gasteiger partial charge in [0.05, 0.1) is 12.6 Å². The number of nitrogens with two attached hydrogens (primary N) is 1. The number of carboxylic acid groups (broad SMARTS) is 1. The smallest absolute Gasteiger partial charge is 0.353 e. The molecule has 1 aromatic heterocycles. The van der Waals surface area contributed by atoms with Crippen molar-refractivity contribution in [2.75, 3.05) is 5.75 Å². The fourth-order valence-corrected chi connectivity index (χ4v) is 4.63. The number of fused-ring (bicyclic) bond motifs is 1. The van der Waals surface area contributed by atoms with E-state index in [-0.39, 0.29) is 18.0 Å². The molecule has 126 valence electrons. The lowest BCUT2D eigenvalue weighted by atomic mass is 10.0. The summed E-state index contributed by atoms with van der Waals surface area (Å²) < 4.78 is 0. The van der Waals surface area contributed by atoms with E-state index >= 15 is 0 Å². The van der Waals surface area contributed by atoms with E-state index in [1.807, 2.05) is 17.5 Å². The number of hydrogen-bond acceptors (Lipinski definition) is 7. The Bertz CT molecular complexity index is 744. The normalized spacial score (nSPS) is 23.2. The van der Waals surface area contributed by atoms with Gasteiger partial charge in [0.1, 0.15) is 17.1 Å². The topological polar surface area (TPSA) is 125 Å². The first kappa shape index (κ1) is 16.5. The molecule has 2 atom stereocenters. The van der Waals surface area contributed by atoms with Gasteiger partial charge in [-0.25, -0.2) is 4.79 Å². The summed E-state index contributed by atoms with van der Waals surface area (Å²) in [5.74, 6) is 3.53. The Labute approximate surface area is 145 Å². The molecule has 2 amide bonds. The van der Waals surface area contributed by atoms with E-state index in [1.54, 1.807) is 0 Å². The highest BCUT2D eigenvalue weighted by atomic mass is 32.2. The minimum Gasteiger partial charge on any atom is -0.477 e. The van der Waals surface area contributed by atoms with Crippen molar-refractivity contribution in [3.63, 3.8) is 0 Å². The number of nitrogens with one attached hydrogen (secondary N) is 1. The molecule has 0 aromatic carbocycles. The van der Waals surface area contributed by atoms with E-state index in [4.69, 9.17) is 5.84 Å². The highest BCUT2D eigenvalue weighted by Gasteiger charge is 2.54. The van der Waals surface area contributed by atoms with E-state index in [1.165, 1.54) is 34.2 Å². The maximum Gasteiger partial charge on any atom is 0.353 e. The van der Waals surface area contributed by atoms with Gasteiger partial charge < -0.3 is 16.3 Å². The maximum absolute atomic E-state index is 12.3. The van der Waals surface area contributed by atoms with Gasteiger partial charge in [0.25, 0.3) is 5.91 Å². The molecule has 8 nitrogen and oxygen atoms in total. The van der Waals surface area contributed by atoms with E-state index < -0.39 is 23.3 Å². The first-order chi connectivity index (χ1) is 11.5. The second-order valence-corrected chi connectivity index (χ2v) is 7.31. The lowest BCUT2D eigenvalue weighted by Crippen LogP contribution is -2.70. The summed E-state index contributed by atoms with van der Waals surface area (Å²) in [6.45, 7) is 0. The molecule has 0 aliphatic carbocycles. The van der Waals surface area contributed by atoms with Crippen LogP contribution in [0.15, 0.2) is 33.9 Å². The average molecular weight is 366 g/mol. The van der Waals surface area contributed by atoms with Crippen LogP contribution in [-0.4, -0.2) is 51.2 Å². The minimum atomic E-state index is -1.22. The number of carbonyl (C=O) groups is 3. The fraction of sp³-hybridized carbons (Fsp3) is 0.286. The van der Waals surface area contributed by atoms with Crippen LogP contribution in [0.2, 0.25) is 0 Å². The lowest BCUT2D eigenvalue weighted by Gasteiger charge is -2.49. The molecule has 3 heterocycles. The predicted molar refractivity (Wildman–Crippen MR) is 90.4 cm³/mol. The summed E-state index contributed by atoms with van der Waals surface area (Å²) in [6.07, 6.45) is 1.44. The number of amides is 2. The van der Waals surface area contributed by atoms with Crippen molar-refractivity contribution in [1.29, 1.82) is 0 Å². The Morgan fingerprint density at radius 2 is 2.33 bits per heavy atom. The van der Waals surface area contributed by atoms with Gasteiger partial charge in [-0.05, 0) is 11.4 Å². The van der Waals surface area contributed by atoms with Crippen molar-refractivity contribution >= 4 is 47.1 Å². The summed E-state index contributed by atoms with van der Waals surface area (Å²) in [6, 6.07) is 2.98. The van der Waals surface area contributed by atoms with E-state index in [2.05, 4.69) is 10.4 Å². The van der Waals surface area contributed by atoms with Crippen molar-refractivity contribution in [1.82, 2.24) is 10.2 Å². The Kier molecular flexibility index (Phi) is 4.58. The monoisotopic (exact) mass is 366 g/mol. The molecule has 0 radical (unpaired) electrons. The second kappa shape index (κ2) is 6.65. The van der Waals surface area contributed by atoms with E-state index in [0.717, 1.165) is 4.88 Å². The third-order valence-corrected chi connectivity index (χ3v) is 5.84. The molecular formula is C14H14N4O4S2. The molecule has 2 aliphatic rings. The SMILES string of the molecule is N/N=C\C1=C(C(=O)O)N2C(=O)C(NC(=O)Cc3cccs3)[C@H]2SC1. The number of β-lactam (4-membered cyclic amide) rings is 1. The number of carboxylic acids is 1. The van der Waals surface area contributed by atoms with Crippen LogP contribution in [0, 0.1) is 0 Å². The van der Waals surface area contributed by atoms with Crippen molar-refractivity contribution in [2.45, 2.75) is 17.8 Å². The van der Waals surface area contributed by atoms with Crippen LogP contribution in [0.4, 0.5) is 0 Å². The first-order valence-electron chi connectivity index (χ1n) is 6.99. The number of thioether (sulfide) groups is 1. The molecular weight excluding hydrogens is 352 g/mol. The van der Waals surface area contributed by atoms with Crippen LogP contribution >= 0.6 is 23.1 Å². The van der Waals surface area contributed by atoms with Crippen molar-refractivity contribution in [3.8, 4) is 0 Å². The molecule has 2 aliphatic heterocycles.